The first-order chi connectivity index (χ1) is 6.98. The van der Waals surface area contributed by atoms with Crippen LogP contribution in [0.1, 0.15) is 32.0 Å². The van der Waals surface area contributed by atoms with Crippen molar-refractivity contribution in [3.63, 3.8) is 0 Å². The van der Waals surface area contributed by atoms with Crippen LogP contribution >= 0.6 is 0 Å². The maximum Gasteiger partial charge on any atom is 0.0379 e. The van der Waals surface area contributed by atoms with Gasteiger partial charge in [-0.1, -0.05) is 39.0 Å². The summed E-state index contributed by atoms with van der Waals surface area (Å²) in [6.07, 6.45) is 1.99. The Balaban J connectivity index is 2.77. The van der Waals surface area contributed by atoms with Gasteiger partial charge in [0.2, 0.25) is 0 Å². The minimum absolute atomic E-state index is 0.177. The molecule has 1 aromatic carbocycles. The predicted molar refractivity (Wildman–Crippen MR) is 65.2 cm³/mol. The Hall–Kier alpha value is -1.37. The second-order valence-corrected chi connectivity index (χ2v) is 5.10. The molecular weight excluding hydrogens is 182 g/mol. The molecule has 0 fully saturated rings. The first-order valence-corrected chi connectivity index (χ1v) is 5.34. The molecule has 1 nitrogen and oxygen atoms in total. The lowest BCUT2D eigenvalue weighted by molar-refractivity contribution is 0.596. The Bertz CT molecular complexity index is 492. The predicted octanol–water partition coefficient (Wildman–Crippen LogP) is 3.84. The molecule has 1 aromatic heterocycles. The van der Waals surface area contributed by atoms with Gasteiger partial charge in [0, 0.05) is 17.3 Å². The van der Waals surface area contributed by atoms with E-state index in [0.29, 0.717) is 0 Å². The van der Waals surface area contributed by atoms with Crippen molar-refractivity contribution in [3.8, 4) is 0 Å². The number of hydrogen-bond donors (Lipinski definition) is 0. The van der Waals surface area contributed by atoms with Crippen LogP contribution in [0, 0.1) is 6.92 Å². The van der Waals surface area contributed by atoms with Gasteiger partial charge in [0.15, 0.2) is 0 Å². The van der Waals surface area contributed by atoms with E-state index in [-0.39, 0.29) is 5.41 Å². The first kappa shape index (κ1) is 10.2. The number of aryl methyl sites for hydroxylation is 1. The van der Waals surface area contributed by atoms with Crippen LogP contribution in [0.3, 0.4) is 0 Å². The average Bonchev–Trinajstić information content (AvgIpc) is 2.15. The molecule has 0 N–H and O–H groups in total. The molecule has 1 heteroatoms. The van der Waals surface area contributed by atoms with E-state index < -0.39 is 0 Å². The highest BCUT2D eigenvalue weighted by Gasteiger charge is 2.16. The third-order valence-corrected chi connectivity index (χ3v) is 2.71. The summed E-state index contributed by atoms with van der Waals surface area (Å²) in [5.41, 5.74) is 2.62. The SMILES string of the molecule is Cc1cc2cccc(C(C)(C)C)c2cn1. The summed E-state index contributed by atoms with van der Waals surface area (Å²) in [6.45, 7) is 8.74. The fourth-order valence-electron chi connectivity index (χ4n) is 1.94. The molecule has 2 aromatic rings. The third kappa shape index (κ3) is 1.87. The van der Waals surface area contributed by atoms with Crippen molar-refractivity contribution in [1.82, 2.24) is 4.98 Å². The molecule has 2 rings (SSSR count). The molecule has 0 radical (unpaired) electrons. The van der Waals surface area contributed by atoms with Crippen LogP contribution in [-0.4, -0.2) is 4.98 Å². The molecule has 0 bridgehead atoms. The summed E-state index contributed by atoms with van der Waals surface area (Å²) < 4.78 is 0. The fourth-order valence-corrected chi connectivity index (χ4v) is 1.94. The summed E-state index contributed by atoms with van der Waals surface area (Å²) in [5, 5.41) is 2.56. The van der Waals surface area contributed by atoms with Crippen molar-refractivity contribution in [2.24, 2.45) is 0 Å². The molecule has 0 unspecified atom stereocenters. The summed E-state index contributed by atoms with van der Waals surface area (Å²) in [6, 6.07) is 8.62. The van der Waals surface area contributed by atoms with Gasteiger partial charge < -0.3 is 0 Å². The van der Waals surface area contributed by atoms with E-state index in [2.05, 4.69) is 50.0 Å². The molecule has 78 valence electrons. The molecule has 0 saturated carbocycles. The van der Waals surface area contributed by atoms with Crippen LogP contribution in [0.25, 0.3) is 10.8 Å². The van der Waals surface area contributed by atoms with Crippen LogP contribution < -0.4 is 0 Å². The Labute approximate surface area is 91.2 Å². The molecule has 0 spiro atoms. The molecule has 0 saturated heterocycles. The summed E-state index contributed by atoms with van der Waals surface area (Å²) >= 11 is 0. The number of hydrogen-bond acceptors (Lipinski definition) is 1. The fraction of sp³-hybridized carbons (Fsp3) is 0.357. The van der Waals surface area contributed by atoms with Crippen molar-refractivity contribution in [2.75, 3.05) is 0 Å². The van der Waals surface area contributed by atoms with Gasteiger partial charge in [0.05, 0.1) is 0 Å². The lowest BCUT2D eigenvalue weighted by Crippen LogP contribution is -2.11. The first-order valence-electron chi connectivity index (χ1n) is 5.34. The molecule has 1 heterocycles. The highest BCUT2D eigenvalue weighted by molar-refractivity contribution is 5.86. The smallest absolute Gasteiger partial charge is 0.0379 e. The highest BCUT2D eigenvalue weighted by Crippen LogP contribution is 2.29. The average molecular weight is 199 g/mol. The molecule has 0 atom stereocenters. The van der Waals surface area contributed by atoms with Gasteiger partial charge in [0.1, 0.15) is 0 Å². The highest BCUT2D eigenvalue weighted by atomic mass is 14.7. The molecule has 0 aliphatic carbocycles. The van der Waals surface area contributed by atoms with Gasteiger partial charge in [-0.05, 0) is 29.4 Å². The number of nitrogens with zero attached hydrogens (tertiary/aromatic N) is 1. The Morgan fingerprint density at radius 3 is 2.53 bits per heavy atom. The van der Waals surface area contributed by atoms with Gasteiger partial charge in [-0.2, -0.15) is 0 Å². The Morgan fingerprint density at radius 2 is 1.87 bits per heavy atom. The van der Waals surface area contributed by atoms with Gasteiger partial charge in [-0.15, -0.1) is 0 Å². The van der Waals surface area contributed by atoms with E-state index >= 15 is 0 Å². The van der Waals surface area contributed by atoms with Gasteiger partial charge >= 0.3 is 0 Å². The van der Waals surface area contributed by atoms with Crippen molar-refractivity contribution in [1.29, 1.82) is 0 Å². The molecular formula is C14H17N. The normalized spacial score (nSPS) is 12.0. The molecule has 0 amide bonds. The van der Waals surface area contributed by atoms with Crippen molar-refractivity contribution in [3.05, 3.63) is 41.7 Å². The quantitative estimate of drug-likeness (QED) is 0.628. The number of aromatic nitrogens is 1. The van der Waals surface area contributed by atoms with E-state index in [4.69, 9.17) is 0 Å². The molecule has 15 heavy (non-hydrogen) atoms. The van der Waals surface area contributed by atoms with Crippen LogP contribution in [0.2, 0.25) is 0 Å². The maximum absolute atomic E-state index is 4.38. The van der Waals surface area contributed by atoms with Crippen LogP contribution in [0.15, 0.2) is 30.5 Å². The minimum atomic E-state index is 0.177. The summed E-state index contributed by atoms with van der Waals surface area (Å²) in [5.74, 6) is 0. The zero-order valence-corrected chi connectivity index (χ0v) is 9.83. The van der Waals surface area contributed by atoms with Crippen molar-refractivity contribution in [2.45, 2.75) is 33.1 Å². The summed E-state index contributed by atoms with van der Waals surface area (Å²) in [7, 11) is 0. The van der Waals surface area contributed by atoms with E-state index in [1.54, 1.807) is 0 Å². The third-order valence-electron chi connectivity index (χ3n) is 2.71. The number of benzene rings is 1. The topological polar surface area (TPSA) is 12.9 Å². The lowest BCUT2D eigenvalue weighted by atomic mass is 9.84. The van der Waals surface area contributed by atoms with Gasteiger partial charge in [-0.3, -0.25) is 4.98 Å². The van der Waals surface area contributed by atoms with Gasteiger partial charge in [0.25, 0.3) is 0 Å². The van der Waals surface area contributed by atoms with E-state index in [1.165, 1.54) is 16.3 Å². The standard InChI is InChI=1S/C14H17N/c1-10-8-11-6-5-7-13(14(2,3)4)12(11)9-15-10/h5-9H,1-4H3. The Kier molecular flexibility index (Phi) is 2.26. The van der Waals surface area contributed by atoms with E-state index in [1.807, 2.05) is 13.1 Å². The lowest BCUT2D eigenvalue weighted by Gasteiger charge is -2.21. The van der Waals surface area contributed by atoms with Crippen LogP contribution in [0.4, 0.5) is 0 Å². The number of rotatable bonds is 0. The van der Waals surface area contributed by atoms with E-state index in [9.17, 15) is 0 Å². The zero-order valence-electron chi connectivity index (χ0n) is 9.83. The number of pyridine rings is 1. The summed E-state index contributed by atoms with van der Waals surface area (Å²) in [4.78, 5) is 4.38. The van der Waals surface area contributed by atoms with Crippen LogP contribution in [-0.2, 0) is 5.41 Å². The molecule has 0 aliphatic heterocycles. The van der Waals surface area contributed by atoms with Crippen molar-refractivity contribution >= 4 is 10.8 Å². The molecule has 0 aliphatic rings. The second-order valence-electron chi connectivity index (χ2n) is 5.10. The largest absolute Gasteiger partial charge is 0.261 e. The maximum atomic E-state index is 4.38. The second kappa shape index (κ2) is 3.34. The van der Waals surface area contributed by atoms with Crippen LogP contribution in [0.5, 0.6) is 0 Å². The Morgan fingerprint density at radius 1 is 1.13 bits per heavy atom. The minimum Gasteiger partial charge on any atom is -0.261 e. The van der Waals surface area contributed by atoms with Gasteiger partial charge in [-0.25, -0.2) is 0 Å². The van der Waals surface area contributed by atoms with E-state index in [0.717, 1.165) is 5.69 Å². The number of fused-ring (bicyclic) bond motifs is 1. The monoisotopic (exact) mass is 199 g/mol. The zero-order chi connectivity index (χ0) is 11.1. The van der Waals surface area contributed by atoms with Crippen molar-refractivity contribution < 1.29 is 0 Å².